The molecule has 2 atom stereocenters. The second-order valence-electron chi connectivity index (χ2n) is 5.74. The molecule has 1 aromatic rings. The monoisotopic (exact) mass is 337 g/mol. The standard InChI is InChI=1S/C16H23N3OS2/c1-14-13-17-16(21-14)19-9-7-18(8-10-19)11-12-22(20)15-5-3-2-4-6-15/h2-6,14H,7-13H2,1H3/t14-,22-/m1/s1. The highest BCUT2D eigenvalue weighted by Crippen LogP contribution is 2.23. The van der Waals surface area contributed by atoms with Crippen molar-refractivity contribution in [1.82, 2.24) is 9.80 Å². The maximum atomic E-state index is 12.2. The van der Waals surface area contributed by atoms with Crippen LogP contribution in [0.2, 0.25) is 0 Å². The molecule has 0 unspecified atom stereocenters. The summed E-state index contributed by atoms with van der Waals surface area (Å²) in [6, 6.07) is 9.76. The highest BCUT2D eigenvalue weighted by atomic mass is 32.2. The van der Waals surface area contributed by atoms with E-state index in [0.717, 1.165) is 49.9 Å². The number of hydrogen-bond acceptors (Lipinski definition) is 5. The number of aliphatic imine (C=N–C) groups is 1. The predicted molar refractivity (Wildman–Crippen MR) is 95.1 cm³/mol. The van der Waals surface area contributed by atoms with E-state index < -0.39 is 10.8 Å². The lowest BCUT2D eigenvalue weighted by Crippen LogP contribution is -2.48. The lowest BCUT2D eigenvalue weighted by molar-refractivity contribution is 0.193. The maximum absolute atomic E-state index is 12.2. The normalized spacial score (nSPS) is 24.3. The van der Waals surface area contributed by atoms with Crippen LogP contribution in [0.1, 0.15) is 6.92 Å². The molecule has 4 nitrogen and oxygen atoms in total. The third-order valence-corrected chi connectivity index (χ3v) is 6.53. The van der Waals surface area contributed by atoms with Crippen molar-refractivity contribution in [2.75, 3.05) is 45.0 Å². The van der Waals surface area contributed by atoms with Crippen LogP contribution in [-0.2, 0) is 10.8 Å². The average molecular weight is 338 g/mol. The van der Waals surface area contributed by atoms with Crippen LogP contribution in [0.15, 0.2) is 40.2 Å². The molecule has 3 rings (SSSR count). The van der Waals surface area contributed by atoms with E-state index >= 15 is 0 Å². The van der Waals surface area contributed by atoms with Crippen molar-refractivity contribution in [2.24, 2.45) is 4.99 Å². The molecule has 0 spiro atoms. The van der Waals surface area contributed by atoms with Crippen molar-refractivity contribution in [2.45, 2.75) is 17.1 Å². The van der Waals surface area contributed by atoms with Gasteiger partial charge in [-0.05, 0) is 12.1 Å². The Kier molecular flexibility index (Phi) is 5.55. The highest BCUT2D eigenvalue weighted by Gasteiger charge is 2.24. The van der Waals surface area contributed by atoms with Crippen LogP contribution >= 0.6 is 11.8 Å². The molecule has 1 saturated heterocycles. The fourth-order valence-electron chi connectivity index (χ4n) is 2.70. The number of rotatable bonds is 4. The lowest BCUT2D eigenvalue weighted by Gasteiger charge is -2.35. The van der Waals surface area contributed by atoms with Crippen LogP contribution in [0.5, 0.6) is 0 Å². The van der Waals surface area contributed by atoms with Gasteiger partial charge in [0.25, 0.3) is 0 Å². The third-order valence-electron chi connectivity index (χ3n) is 4.03. The zero-order valence-electron chi connectivity index (χ0n) is 13.0. The van der Waals surface area contributed by atoms with Gasteiger partial charge in [0.05, 0.1) is 17.3 Å². The van der Waals surface area contributed by atoms with Crippen molar-refractivity contribution in [3.8, 4) is 0 Å². The molecule has 0 radical (unpaired) electrons. The van der Waals surface area contributed by atoms with E-state index in [-0.39, 0.29) is 0 Å². The summed E-state index contributed by atoms with van der Waals surface area (Å²) in [5, 5.41) is 1.85. The molecule has 0 aliphatic carbocycles. The highest BCUT2D eigenvalue weighted by molar-refractivity contribution is 8.14. The van der Waals surface area contributed by atoms with Crippen molar-refractivity contribution < 1.29 is 4.21 Å². The minimum atomic E-state index is -0.884. The molecule has 22 heavy (non-hydrogen) atoms. The van der Waals surface area contributed by atoms with Crippen molar-refractivity contribution in [3.05, 3.63) is 30.3 Å². The van der Waals surface area contributed by atoms with E-state index in [1.807, 2.05) is 42.1 Å². The predicted octanol–water partition coefficient (Wildman–Crippen LogP) is 1.90. The van der Waals surface area contributed by atoms with Crippen LogP contribution < -0.4 is 0 Å². The summed E-state index contributed by atoms with van der Waals surface area (Å²) in [4.78, 5) is 10.4. The van der Waals surface area contributed by atoms with Gasteiger partial charge in [0, 0.05) is 48.6 Å². The zero-order chi connectivity index (χ0) is 15.4. The summed E-state index contributed by atoms with van der Waals surface area (Å²) >= 11 is 1.90. The van der Waals surface area contributed by atoms with Gasteiger partial charge in [0.2, 0.25) is 0 Å². The number of thioether (sulfide) groups is 1. The lowest BCUT2D eigenvalue weighted by atomic mass is 10.3. The minimum Gasteiger partial charge on any atom is -0.349 e. The summed E-state index contributed by atoms with van der Waals surface area (Å²) in [7, 11) is -0.884. The van der Waals surface area contributed by atoms with E-state index in [0.29, 0.717) is 5.25 Å². The van der Waals surface area contributed by atoms with Crippen LogP contribution in [0.25, 0.3) is 0 Å². The Morgan fingerprint density at radius 1 is 1.23 bits per heavy atom. The average Bonchev–Trinajstić information content (AvgIpc) is 3.00. The molecule has 0 bridgehead atoms. The fourth-order valence-corrected chi connectivity index (χ4v) is 4.81. The number of amidine groups is 1. The van der Waals surface area contributed by atoms with Gasteiger partial charge in [-0.3, -0.25) is 14.1 Å². The molecular weight excluding hydrogens is 314 g/mol. The van der Waals surface area contributed by atoms with Crippen molar-refractivity contribution in [1.29, 1.82) is 0 Å². The minimum absolute atomic E-state index is 0.626. The molecule has 1 aromatic carbocycles. The Labute approximate surface area is 139 Å². The summed E-state index contributed by atoms with van der Waals surface area (Å²) < 4.78 is 12.2. The number of piperazine rings is 1. The summed E-state index contributed by atoms with van der Waals surface area (Å²) in [6.07, 6.45) is 0. The number of nitrogens with zero attached hydrogens (tertiary/aromatic N) is 3. The topological polar surface area (TPSA) is 35.9 Å². The van der Waals surface area contributed by atoms with E-state index in [4.69, 9.17) is 0 Å². The molecule has 2 aliphatic rings. The van der Waals surface area contributed by atoms with Gasteiger partial charge in [0.15, 0.2) is 5.17 Å². The molecule has 2 aliphatic heterocycles. The van der Waals surface area contributed by atoms with Crippen LogP contribution in [0.4, 0.5) is 0 Å². The van der Waals surface area contributed by atoms with Crippen LogP contribution in [-0.4, -0.2) is 69.4 Å². The van der Waals surface area contributed by atoms with Crippen LogP contribution in [0, 0.1) is 0 Å². The first-order chi connectivity index (χ1) is 10.7. The van der Waals surface area contributed by atoms with Crippen LogP contribution in [0.3, 0.4) is 0 Å². The van der Waals surface area contributed by atoms with Gasteiger partial charge in [-0.1, -0.05) is 36.9 Å². The Morgan fingerprint density at radius 3 is 2.59 bits per heavy atom. The molecule has 2 heterocycles. The SMILES string of the molecule is C[C@@H]1CN=C(N2CCN(CC[S@@](=O)c3ccccc3)CC2)S1. The Bertz CT molecular complexity index is 542. The Hall–Kier alpha value is -0.850. The van der Waals surface area contributed by atoms with E-state index in [1.165, 1.54) is 5.17 Å². The first-order valence-electron chi connectivity index (χ1n) is 7.84. The van der Waals surface area contributed by atoms with Gasteiger partial charge in [-0.15, -0.1) is 0 Å². The molecule has 0 N–H and O–H groups in total. The second kappa shape index (κ2) is 7.62. The third kappa shape index (κ3) is 4.12. The van der Waals surface area contributed by atoms with Gasteiger partial charge in [-0.2, -0.15) is 0 Å². The molecule has 0 saturated carbocycles. The smallest absolute Gasteiger partial charge is 0.159 e. The fraction of sp³-hybridized carbons (Fsp3) is 0.562. The summed E-state index contributed by atoms with van der Waals surface area (Å²) in [5.74, 6) is 0.719. The molecule has 0 aromatic heterocycles. The van der Waals surface area contributed by atoms with Gasteiger partial charge in [-0.25, -0.2) is 0 Å². The molecule has 0 amide bonds. The van der Waals surface area contributed by atoms with Crippen molar-refractivity contribution >= 4 is 27.7 Å². The summed E-state index contributed by atoms with van der Waals surface area (Å²) in [6.45, 7) is 8.25. The summed E-state index contributed by atoms with van der Waals surface area (Å²) in [5.41, 5.74) is 0. The van der Waals surface area contributed by atoms with E-state index in [9.17, 15) is 4.21 Å². The first kappa shape index (κ1) is 16.0. The molecular formula is C16H23N3OS2. The quantitative estimate of drug-likeness (QED) is 0.841. The zero-order valence-corrected chi connectivity index (χ0v) is 14.6. The largest absolute Gasteiger partial charge is 0.349 e. The van der Waals surface area contributed by atoms with Gasteiger partial charge < -0.3 is 4.90 Å². The van der Waals surface area contributed by atoms with E-state index in [1.54, 1.807) is 0 Å². The maximum Gasteiger partial charge on any atom is 0.159 e. The number of benzene rings is 1. The van der Waals surface area contributed by atoms with E-state index in [2.05, 4.69) is 21.7 Å². The van der Waals surface area contributed by atoms with Gasteiger partial charge >= 0.3 is 0 Å². The first-order valence-corrected chi connectivity index (χ1v) is 10.0. The van der Waals surface area contributed by atoms with Crippen molar-refractivity contribution in [3.63, 3.8) is 0 Å². The Morgan fingerprint density at radius 2 is 1.95 bits per heavy atom. The molecule has 1 fully saturated rings. The molecule has 6 heteroatoms. The Balaban J connectivity index is 1.42. The van der Waals surface area contributed by atoms with Gasteiger partial charge in [0.1, 0.15) is 0 Å². The number of hydrogen-bond donors (Lipinski definition) is 0. The second-order valence-corrected chi connectivity index (χ2v) is 8.72. The molecule has 120 valence electrons.